The highest BCUT2D eigenvalue weighted by atomic mass is 16.5. The number of hydrogen-bond donors (Lipinski definition) is 2. The number of methoxy groups -OCH3 is 1. The van der Waals surface area contributed by atoms with Crippen LogP contribution in [-0.4, -0.2) is 57.4 Å². The van der Waals surface area contributed by atoms with Crippen LogP contribution in [0, 0.1) is 0 Å². The summed E-state index contributed by atoms with van der Waals surface area (Å²) in [7, 11) is 1.64. The van der Waals surface area contributed by atoms with Crippen LogP contribution in [0.2, 0.25) is 0 Å². The molecule has 1 amide bonds. The minimum atomic E-state index is -0.0639. The third kappa shape index (κ3) is 4.55. The van der Waals surface area contributed by atoms with Crippen molar-refractivity contribution < 1.29 is 19.2 Å². The molecule has 1 aliphatic heterocycles. The Bertz CT molecular complexity index is 982. The lowest BCUT2D eigenvalue weighted by Gasteiger charge is -2.23. The van der Waals surface area contributed by atoms with Gasteiger partial charge in [0.25, 0.3) is 5.91 Å². The standard InChI is InChI=1S/C23H25N3O3/c1-28-18-8-6-17(7-9-18)22-16-20(19-4-2-3-5-21(19)25-22)23(27)24-10-11-26-12-14-29-15-13-26/h2-9,16H,10-15H2,1H3,(H,24,27)/p+1. The second-order valence-corrected chi connectivity index (χ2v) is 7.17. The zero-order valence-electron chi connectivity index (χ0n) is 16.6. The van der Waals surface area contributed by atoms with Crippen molar-refractivity contribution in [2.24, 2.45) is 0 Å². The van der Waals surface area contributed by atoms with E-state index in [9.17, 15) is 4.79 Å². The quantitative estimate of drug-likeness (QED) is 0.668. The zero-order chi connectivity index (χ0) is 20.1. The smallest absolute Gasteiger partial charge is 0.252 e. The maximum Gasteiger partial charge on any atom is 0.252 e. The summed E-state index contributed by atoms with van der Waals surface area (Å²) in [5.74, 6) is 0.726. The molecule has 0 radical (unpaired) electrons. The lowest BCUT2D eigenvalue weighted by atomic mass is 10.0. The summed E-state index contributed by atoms with van der Waals surface area (Å²) in [6.45, 7) is 5.13. The van der Waals surface area contributed by atoms with Crippen LogP contribution >= 0.6 is 0 Å². The van der Waals surface area contributed by atoms with E-state index in [-0.39, 0.29) is 5.91 Å². The maximum absolute atomic E-state index is 13.0. The van der Waals surface area contributed by atoms with Gasteiger partial charge in [-0.3, -0.25) is 4.79 Å². The number of morpholine rings is 1. The molecule has 2 aromatic carbocycles. The highest BCUT2D eigenvalue weighted by Crippen LogP contribution is 2.26. The summed E-state index contributed by atoms with van der Waals surface area (Å²) in [5, 5.41) is 3.95. The summed E-state index contributed by atoms with van der Waals surface area (Å²) in [5.41, 5.74) is 3.18. The molecule has 4 rings (SSSR count). The molecule has 29 heavy (non-hydrogen) atoms. The molecule has 0 aliphatic carbocycles. The zero-order valence-corrected chi connectivity index (χ0v) is 16.6. The molecule has 1 fully saturated rings. The molecular formula is C23H26N3O3+. The van der Waals surface area contributed by atoms with Crippen molar-refractivity contribution in [1.82, 2.24) is 10.3 Å². The predicted octanol–water partition coefficient (Wildman–Crippen LogP) is 1.56. The molecule has 3 aromatic rings. The number of hydrogen-bond acceptors (Lipinski definition) is 4. The molecule has 0 atom stereocenters. The highest BCUT2D eigenvalue weighted by molar-refractivity contribution is 6.07. The van der Waals surface area contributed by atoms with Crippen molar-refractivity contribution in [2.75, 3.05) is 46.5 Å². The van der Waals surface area contributed by atoms with Gasteiger partial charge in [0.05, 0.1) is 50.2 Å². The van der Waals surface area contributed by atoms with Crippen molar-refractivity contribution in [2.45, 2.75) is 0 Å². The Labute approximate surface area is 170 Å². The van der Waals surface area contributed by atoms with Gasteiger partial charge in [0.1, 0.15) is 18.8 Å². The Hall–Kier alpha value is -2.96. The Morgan fingerprint density at radius 2 is 1.90 bits per heavy atom. The number of aromatic nitrogens is 1. The number of rotatable bonds is 6. The molecule has 1 aliphatic rings. The number of carbonyl (C=O) groups excluding carboxylic acids is 1. The van der Waals surface area contributed by atoms with E-state index in [4.69, 9.17) is 14.5 Å². The van der Waals surface area contributed by atoms with Crippen molar-refractivity contribution in [3.8, 4) is 17.0 Å². The van der Waals surface area contributed by atoms with E-state index in [1.165, 1.54) is 4.90 Å². The van der Waals surface area contributed by atoms with Gasteiger partial charge in [0, 0.05) is 10.9 Å². The normalized spacial score (nSPS) is 14.7. The van der Waals surface area contributed by atoms with Gasteiger partial charge in [-0.15, -0.1) is 0 Å². The fourth-order valence-corrected chi connectivity index (χ4v) is 3.63. The first-order valence-electron chi connectivity index (χ1n) is 9.98. The van der Waals surface area contributed by atoms with Gasteiger partial charge in [-0.25, -0.2) is 4.98 Å². The van der Waals surface area contributed by atoms with Crippen LogP contribution < -0.4 is 15.0 Å². The third-order valence-electron chi connectivity index (χ3n) is 5.31. The van der Waals surface area contributed by atoms with E-state index in [1.54, 1.807) is 7.11 Å². The van der Waals surface area contributed by atoms with Gasteiger partial charge in [0.15, 0.2) is 0 Å². The number of carbonyl (C=O) groups is 1. The van der Waals surface area contributed by atoms with Crippen LogP contribution in [0.4, 0.5) is 0 Å². The summed E-state index contributed by atoms with van der Waals surface area (Å²) in [6.07, 6.45) is 0. The van der Waals surface area contributed by atoms with Gasteiger partial charge in [-0.1, -0.05) is 18.2 Å². The molecule has 6 heteroatoms. The van der Waals surface area contributed by atoms with Gasteiger partial charge in [-0.05, 0) is 36.4 Å². The Morgan fingerprint density at radius 1 is 1.14 bits per heavy atom. The van der Waals surface area contributed by atoms with Gasteiger partial charge in [0.2, 0.25) is 0 Å². The minimum absolute atomic E-state index is 0.0639. The summed E-state index contributed by atoms with van der Waals surface area (Å²) < 4.78 is 10.6. The Morgan fingerprint density at radius 3 is 2.66 bits per heavy atom. The van der Waals surface area contributed by atoms with E-state index in [0.717, 1.165) is 60.8 Å². The first-order valence-corrected chi connectivity index (χ1v) is 9.98. The molecule has 2 N–H and O–H groups in total. The topological polar surface area (TPSA) is 64.9 Å². The van der Waals surface area contributed by atoms with Gasteiger partial charge >= 0.3 is 0 Å². The number of para-hydroxylation sites is 1. The molecular weight excluding hydrogens is 366 g/mol. The number of fused-ring (bicyclic) bond motifs is 1. The fraction of sp³-hybridized carbons (Fsp3) is 0.304. The van der Waals surface area contributed by atoms with Crippen LogP contribution in [0.25, 0.3) is 22.2 Å². The van der Waals surface area contributed by atoms with Crippen LogP contribution in [0.15, 0.2) is 54.6 Å². The Kier molecular flexibility index (Phi) is 6.03. The molecule has 1 saturated heterocycles. The summed E-state index contributed by atoms with van der Waals surface area (Å²) >= 11 is 0. The first kappa shape index (κ1) is 19.4. The average Bonchev–Trinajstić information content (AvgIpc) is 2.79. The predicted molar refractivity (Wildman–Crippen MR) is 112 cm³/mol. The van der Waals surface area contributed by atoms with Gasteiger partial charge in [-0.2, -0.15) is 0 Å². The lowest BCUT2D eigenvalue weighted by Crippen LogP contribution is -3.14. The lowest BCUT2D eigenvalue weighted by molar-refractivity contribution is -0.906. The van der Waals surface area contributed by atoms with Crippen molar-refractivity contribution >= 4 is 16.8 Å². The number of pyridine rings is 1. The maximum atomic E-state index is 13.0. The SMILES string of the molecule is COc1ccc(-c2cc(C(=O)NCC[NH+]3CCOCC3)c3ccccc3n2)cc1. The summed E-state index contributed by atoms with van der Waals surface area (Å²) in [6, 6.07) is 17.4. The van der Waals surface area contributed by atoms with E-state index in [1.807, 2.05) is 54.6 Å². The summed E-state index contributed by atoms with van der Waals surface area (Å²) in [4.78, 5) is 19.2. The van der Waals surface area contributed by atoms with E-state index >= 15 is 0 Å². The third-order valence-corrected chi connectivity index (χ3v) is 5.31. The largest absolute Gasteiger partial charge is 0.497 e. The molecule has 150 valence electrons. The minimum Gasteiger partial charge on any atom is -0.497 e. The molecule has 0 bridgehead atoms. The monoisotopic (exact) mass is 392 g/mol. The molecule has 0 saturated carbocycles. The fourth-order valence-electron chi connectivity index (χ4n) is 3.63. The van der Waals surface area contributed by atoms with Crippen LogP contribution in [0.3, 0.4) is 0 Å². The number of nitrogens with one attached hydrogen (secondary N) is 2. The molecule has 0 unspecified atom stereocenters. The molecule has 1 aromatic heterocycles. The number of ether oxygens (including phenoxy) is 2. The molecule has 2 heterocycles. The van der Waals surface area contributed by atoms with Crippen molar-refractivity contribution in [3.63, 3.8) is 0 Å². The average molecular weight is 392 g/mol. The van der Waals surface area contributed by atoms with Crippen molar-refractivity contribution in [3.05, 3.63) is 60.2 Å². The number of amides is 1. The highest BCUT2D eigenvalue weighted by Gasteiger charge is 2.16. The second kappa shape index (κ2) is 9.03. The van der Waals surface area contributed by atoms with Crippen LogP contribution in [0.5, 0.6) is 5.75 Å². The molecule has 6 nitrogen and oxygen atoms in total. The van der Waals surface area contributed by atoms with Gasteiger partial charge < -0.3 is 19.7 Å². The van der Waals surface area contributed by atoms with Crippen LogP contribution in [-0.2, 0) is 4.74 Å². The first-order chi connectivity index (χ1) is 14.2. The Balaban J connectivity index is 1.57. The van der Waals surface area contributed by atoms with E-state index < -0.39 is 0 Å². The van der Waals surface area contributed by atoms with E-state index in [2.05, 4.69) is 5.32 Å². The number of quaternary nitrogens is 1. The van der Waals surface area contributed by atoms with Crippen molar-refractivity contribution in [1.29, 1.82) is 0 Å². The number of benzene rings is 2. The number of nitrogens with zero attached hydrogens (tertiary/aromatic N) is 1. The van der Waals surface area contributed by atoms with E-state index in [0.29, 0.717) is 12.1 Å². The second-order valence-electron chi connectivity index (χ2n) is 7.17. The molecule has 0 spiro atoms. The van der Waals surface area contributed by atoms with Crippen LogP contribution in [0.1, 0.15) is 10.4 Å².